The van der Waals surface area contributed by atoms with E-state index in [-0.39, 0.29) is 5.91 Å². The van der Waals surface area contributed by atoms with E-state index in [1.54, 1.807) is 19.1 Å². The molecule has 0 aromatic rings. The lowest BCUT2D eigenvalue weighted by molar-refractivity contribution is -0.129. The minimum Gasteiger partial charge on any atom is -0.388 e. The van der Waals surface area contributed by atoms with Gasteiger partial charge >= 0.3 is 0 Å². The highest BCUT2D eigenvalue weighted by Crippen LogP contribution is 1.96. The lowest BCUT2D eigenvalue weighted by Gasteiger charge is -2.25. The molecule has 1 fully saturated rings. The monoisotopic (exact) mass is 187 g/mol. The number of hydrogen-bond donors (Lipinski definition) is 0. The van der Waals surface area contributed by atoms with Gasteiger partial charge in [0.05, 0.1) is 13.2 Å². The van der Waals surface area contributed by atoms with Gasteiger partial charge < -0.3 is 14.4 Å². The lowest BCUT2D eigenvalue weighted by atomic mass is 10.4. The Labute approximate surface area is 79.1 Å². The summed E-state index contributed by atoms with van der Waals surface area (Å²) in [6.45, 7) is 6.11. The van der Waals surface area contributed by atoms with Crippen LogP contribution in [0.1, 0.15) is 0 Å². The predicted octanol–water partition coefficient (Wildman–Crippen LogP) is 0.294. The second-order valence-corrected chi connectivity index (χ2v) is 2.55. The van der Waals surface area contributed by atoms with E-state index in [1.807, 2.05) is 0 Å². The fourth-order valence-corrected chi connectivity index (χ4v) is 0.913. The first-order valence-electron chi connectivity index (χ1n) is 4.15. The Morgan fingerprint density at radius 3 is 2.31 bits per heavy atom. The van der Waals surface area contributed by atoms with Gasteiger partial charge in [0.15, 0.2) is 0 Å². The molecule has 0 spiro atoms. The number of carbonyl (C=O) groups excluding carboxylic acids is 1. The first kappa shape index (κ1) is 12.1. The quantitative estimate of drug-likeness (QED) is 0.554. The van der Waals surface area contributed by atoms with Crippen molar-refractivity contribution in [1.82, 2.24) is 4.90 Å². The van der Waals surface area contributed by atoms with Gasteiger partial charge in [0, 0.05) is 27.3 Å². The normalized spacial score (nSPS) is 15.7. The van der Waals surface area contributed by atoms with E-state index in [1.165, 1.54) is 6.08 Å². The third-order valence-corrected chi connectivity index (χ3v) is 1.50. The maximum absolute atomic E-state index is 10.9. The van der Waals surface area contributed by atoms with Crippen LogP contribution in [0.5, 0.6) is 0 Å². The zero-order valence-corrected chi connectivity index (χ0v) is 8.28. The first-order valence-corrected chi connectivity index (χ1v) is 4.15. The number of ether oxygens (including phenoxy) is 2. The maximum atomic E-state index is 10.9. The Morgan fingerprint density at radius 2 is 1.92 bits per heavy atom. The maximum Gasteiger partial charge on any atom is 0.246 e. The molecule has 4 heteroatoms. The van der Waals surface area contributed by atoms with Crippen LogP contribution in [-0.4, -0.2) is 51.3 Å². The Balaban J connectivity index is 0.000000424. The first-order chi connectivity index (χ1) is 6.26. The van der Waals surface area contributed by atoms with Gasteiger partial charge in [-0.05, 0) is 6.08 Å². The SMILES string of the molecule is C=CC(=O)N1CCOCC1.COC. The summed E-state index contributed by atoms with van der Waals surface area (Å²) in [4.78, 5) is 12.7. The van der Waals surface area contributed by atoms with Crippen LogP contribution in [0.2, 0.25) is 0 Å². The third kappa shape index (κ3) is 5.38. The molecule has 1 heterocycles. The van der Waals surface area contributed by atoms with Crippen LogP contribution in [0.25, 0.3) is 0 Å². The molecule has 0 aromatic heterocycles. The van der Waals surface area contributed by atoms with E-state index < -0.39 is 0 Å². The van der Waals surface area contributed by atoms with Crippen molar-refractivity contribution in [3.63, 3.8) is 0 Å². The fraction of sp³-hybridized carbons (Fsp3) is 0.667. The molecule has 0 saturated carbocycles. The molecule has 0 N–H and O–H groups in total. The van der Waals surface area contributed by atoms with Gasteiger partial charge in [-0.1, -0.05) is 6.58 Å². The summed E-state index contributed by atoms with van der Waals surface area (Å²) >= 11 is 0. The highest BCUT2D eigenvalue weighted by atomic mass is 16.5. The minimum absolute atomic E-state index is 0.00306. The molecule has 0 unspecified atom stereocenters. The number of nitrogens with zero attached hydrogens (tertiary/aromatic N) is 1. The topological polar surface area (TPSA) is 38.8 Å². The van der Waals surface area contributed by atoms with Crippen molar-refractivity contribution < 1.29 is 14.3 Å². The smallest absolute Gasteiger partial charge is 0.246 e. The fourth-order valence-electron chi connectivity index (χ4n) is 0.913. The molecular formula is C9H17NO3. The van der Waals surface area contributed by atoms with E-state index in [2.05, 4.69) is 11.3 Å². The van der Waals surface area contributed by atoms with Gasteiger partial charge in [-0.2, -0.15) is 0 Å². The zero-order valence-electron chi connectivity index (χ0n) is 8.28. The summed E-state index contributed by atoms with van der Waals surface area (Å²) < 4.78 is 9.32. The second kappa shape index (κ2) is 7.76. The molecule has 1 aliphatic heterocycles. The van der Waals surface area contributed by atoms with Crippen LogP contribution < -0.4 is 0 Å². The van der Waals surface area contributed by atoms with Crippen molar-refractivity contribution in [3.05, 3.63) is 12.7 Å². The Kier molecular flexibility index (Phi) is 7.24. The third-order valence-electron chi connectivity index (χ3n) is 1.50. The molecular weight excluding hydrogens is 170 g/mol. The van der Waals surface area contributed by atoms with Crippen molar-refractivity contribution >= 4 is 5.91 Å². The van der Waals surface area contributed by atoms with Gasteiger partial charge in [-0.3, -0.25) is 4.79 Å². The lowest BCUT2D eigenvalue weighted by Crippen LogP contribution is -2.39. The average Bonchev–Trinajstić information content (AvgIpc) is 2.19. The van der Waals surface area contributed by atoms with Crippen LogP contribution in [0.15, 0.2) is 12.7 Å². The molecule has 0 atom stereocenters. The van der Waals surface area contributed by atoms with Crippen molar-refractivity contribution in [2.45, 2.75) is 0 Å². The number of morpholine rings is 1. The van der Waals surface area contributed by atoms with Crippen molar-refractivity contribution in [1.29, 1.82) is 0 Å². The summed E-state index contributed by atoms with van der Waals surface area (Å²) in [6, 6.07) is 0. The number of hydrogen-bond acceptors (Lipinski definition) is 3. The Bertz CT molecular complexity index is 153. The zero-order chi connectivity index (χ0) is 10.1. The highest BCUT2D eigenvalue weighted by molar-refractivity contribution is 5.87. The van der Waals surface area contributed by atoms with Crippen LogP contribution in [0, 0.1) is 0 Å². The molecule has 4 nitrogen and oxygen atoms in total. The standard InChI is InChI=1S/C7H11NO2.C2H6O/c1-2-7(9)8-3-5-10-6-4-8;1-3-2/h2H,1,3-6H2;1-2H3. The molecule has 1 aliphatic rings. The van der Waals surface area contributed by atoms with Gasteiger partial charge in [-0.25, -0.2) is 0 Å². The minimum atomic E-state index is 0.00306. The molecule has 0 bridgehead atoms. The number of amides is 1. The Hall–Kier alpha value is -0.870. The summed E-state index contributed by atoms with van der Waals surface area (Å²) in [5.74, 6) is 0.00306. The average molecular weight is 187 g/mol. The number of methoxy groups -OCH3 is 1. The number of carbonyl (C=O) groups is 1. The summed E-state index contributed by atoms with van der Waals surface area (Å²) in [5.41, 5.74) is 0. The molecule has 1 rings (SSSR count). The van der Waals surface area contributed by atoms with Gasteiger partial charge in [0.25, 0.3) is 0 Å². The second-order valence-electron chi connectivity index (χ2n) is 2.55. The highest BCUT2D eigenvalue weighted by Gasteiger charge is 2.12. The van der Waals surface area contributed by atoms with Gasteiger partial charge in [0.2, 0.25) is 5.91 Å². The van der Waals surface area contributed by atoms with Crippen LogP contribution in [-0.2, 0) is 14.3 Å². The van der Waals surface area contributed by atoms with E-state index in [0.717, 1.165) is 0 Å². The molecule has 1 saturated heterocycles. The Morgan fingerprint density at radius 1 is 1.46 bits per heavy atom. The van der Waals surface area contributed by atoms with Crippen molar-refractivity contribution in [2.24, 2.45) is 0 Å². The molecule has 0 radical (unpaired) electrons. The molecule has 1 amide bonds. The van der Waals surface area contributed by atoms with E-state index >= 15 is 0 Å². The van der Waals surface area contributed by atoms with Crippen molar-refractivity contribution in [3.8, 4) is 0 Å². The molecule has 13 heavy (non-hydrogen) atoms. The molecule has 0 aromatic carbocycles. The summed E-state index contributed by atoms with van der Waals surface area (Å²) in [7, 11) is 3.25. The van der Waals surface area contributed by atoms with Crippen LogP contribution >= 0.6 is 0 Å². The van der Waals surface area contributed by atoms with Crippen LogP contribution in [0.3, 0.4) is 0 Å². The number of rotatable bonds is 1. The molecule has 76 valence electrons. The largest absolute Gasteiger partial charge is 0.388 e. The van der Waals surface area contributed by atoms with Gasteiger partial charge in [0.1, 0.15) is 0 Å². The van der Waals surface area contributed by atoms with Crippen LogP contribution in [0.4, 0.5) is 0 Å². The molecule has 0 aliphatic carbocycles. The predicted molar refractivity (Wildman–Crippen MR) is 50.5 cm³/mol. The van der Waals surface area contributed by atoms with E-state index in [9.17, 15) is 4.79 Å². The van der Waals surface area contributed by atoms with Gasteiger partial charge in [-0.15, -0.1) is 0 Å². The van der Waals surface area contributed by atoms with Crippen molar-refractivity contribution in [2.75, 3.05) is 40.5 Å². The van der Waals surface area contributed by atoms with E-state index in [4.69, 9.17) is 4.74 Å². The summed E-state index contributed by atoms with van der Waals surface area (Å²) in [5, 5.41) is 0. The van der Waals surface area contributed by atoms with E-state index in [0.29, 0.717) is 26.3 Å². The summed E-state index contributed by atoms with van der Waals surface area (Å²) in [6.07, 6.45) is 1.34.